The summed E-state index contributed by atoms with van der Waals surface area (Å²) in [5.41, 5.74) is 2.44. The number of aromatic nitrogens is 3. The fourth-order valence-corrected chi connectivity index (χ4v) is 2.42. The number of nitrogens with one attached hydrogen (secondary N) is 1. The van der Waals surface area contributed by atoms with Crippen molar-refractivity contribution in [3.8, 4) is 0 Å². The molecule has 2 aromatic rings. The third-order valence-electron chi connectivity index (χ3n) is 4.01. The van der Waals surface area contributed by atoms with Gasteiger partial charge in [-0.2, -0.15) is 5.10 Å². The number of nitrogens with zero attached hydrogens (tertiary/aromatic N) is 3. The Bertz CT molecular complexity index is 504. The number of rotatable bonds is 8. The largest absolute Gasteiger partial charge is 0.382 e. The summed E-state index contributed by atoms with van der Waals surface area (Å²) in [5.74, 6) is 0.772. The van der Waals surface area contributed by atoms with Gasteiger partial charge < -0.3 is 5.32 Å². The van der Waals surface area contributed by atoms with Crippen molar-refractivity contribution in [3.05, 3.63) is 42.5 Å². The van der Waals surface area contributed by atoms with Crippen molar-refractivity contribution in [1.82, 2.24) is 14.8 Å². The predicted octanol–water partition coefficient (Wildman–Crippen LogP) is 3.95. The molecule has 4 nitrogen and oxygen atoms in total. The van der Waals surface area contributed by atoms with Crippen molar-refractivity contribution in [1.29, 1.82) is 0 Å². The van der Waals surface area contributed by atoms with Crippen LogP contribution in [0.3, 0.4) is 0 Å². The Hall–Kier alpha value is -1.84. The van der Waals surface area contributed by atoms with Gasteiger partial charge in [-0.05, 0) is 36.5 Å². The Morgan fingerprint density at radius 3 is 2.48 bits per heavy atom. The van der Waals surface area contributed by atoms with Crippen molar-refractivity contribution in [2.24, 2.45) is 5.92 Å². The van der Waals surface area contributed by atoms with Crippen LogP contribution >= 0.6 is 0 Å². The predicted molar refractivity (Wildman–Crippen MR) is 87.3 cm³/mol. The van der Waals surface area contributed by atoms with Gasteiger partial charge >= 0.3 is 0 Å². The van der Waals surface area contributed by atoms with E-state index in [-0.39, 0.29) is 0 Å². The molecule has 21 heavy (non-hydrogen) atoms. The molecule has 1 heterocycles. The standard InChI is InChI=1S/C17H26N4/c1-4-14(3)10-16(5-2)20-17-8-6-15(7-9-17)11-21-13-18-12-19-21/h6-9,12-14,16,20H,4-5,10-11H2,1-3H3. The van der Waals surface area contributed by atoms with Gasteiger partial charge in [-0.25, -0.2) is 9.67 Å². The van der Waals surface area contributed by atoms with Gasteiger partial charge in [0.1, 0.15) is 12.7 Å². The van der Waals surface area contributed by atoms with Crippen molar-refractivity contribution >= 4 is 5.69 Å². The van der Waals surface area contributed by atoms with Crippen LogP contribution in [-0.4, -0.2) is 20.8 Å². The summed E-state index contributed by atoms with van der Waals surface area (Å²) in [6.45, 7) is 7.60. The fraction of sp³-hybridized carbons (Fsp3) is 0.529. The first-order chi connectivity index (χ1) is 10.2. The highest BCUT2D eigenvalue weighted by Crippen LogP contribution is 2.18. The highest BCUT2D eigenvalue weighted by molar-refractivity contribution is 5.45. The lowest BCUT2D eigenvalue weighted by Crippen LogP contribution is -2.21. The lowest BCUT2D eigenvalue weighted by molar-refractivity contribution is 0.462. The minimum Gasteiger partial charge on any atom is -0.382 e. The molecule has 4 heteroatoms. The van der Waals surface area contributed by atoms with Crippen LogP contribution in [0.1, 0.15) is 45.6 Å². The number of hydrogen-bond acceptors (Lipinski definition) is 3. The smallest absolute Gasteiger partial charge is 0.137 e. The average molecular weight is 286 g/mol. The first-order valence-corrected chi connectivity index (χ1v) is 7.89. The van der Waals surface area contributed by atoms with Gasteiger partial charge in [0, 0.05) is 11.7 Å². The van der Waals surface area contributed by atoms with Gasteiger partial charge in [-0.15, -0.1) is 0 Å². The molecule has 0 amide bonds. The maximum absolute atomic E-state index is 4.13. The van der Waals surface area contributed by atoms with Crippen LogP contribution in [0.4, 0.5) is 5.69 Å². The monoisotopic (exact) mass is 286 g/mol. The van der Waals surface area contributed by atoms with Gasteiger partial charge in [0.25, 0.3) is 0 Å². The van der Waals surface area contributed by atoms with E-state index in [0.29, 0.717) is 6.04 Å². The van der Waals surface area contributed by atoms with E-state index in [1.54, 1.807) is 12.7 Å². The lowest BCUT2D eigenvalue weighted by Gasteiger charge is -2.21. The molecule has 0 saturated heterocycles. The Kier molecular flexibility index (Phi) is 5.78. The molecule has 2 atom stereocenters. The van der Waals surface area contributed by atoms with Crippen LogP contribution in [0.25, 0.3) is 0 Å². The summed E-state index contributed by atoms with van der Waals surface area (Å²) in [7, 11) is 0. The molecule has 1 N–H and O–H groups in total. The van der Waals surface area contributed by atoms with Crippen LogP contribution in [0.5, 0.6) is 0 Å². The zero-order chi connectivity index (χ0) is 15.1. The number of benzene rings is 1. The van der Waals surface area contributed by atoms with Gasteiger partial charge in [0.2, 0.25) is 0 Å². The van der Waals surface area contributed by atoms with Gasteiger partial charge in [0.05, 0.1) is 6.54 Å². The molecule has 0 saturated carbocycles. The Balaban J connectivity index is 1.91. The normalized spacial score (nSPS) is 13.9. The summed E-state index contributed by atoms with van der Waals surface area (Å²) < 4.78 is 1.83. The van der Waals surface area contributed by atoms with E-state index < -0.39 is 0 Å². The minimum atomic E-state index is 0.557. The van der Waals surface area contributed by atoms with Crippen LogP contribution in [0.2, 0.25) is 0 Å². The molecule has 1 aromatic carbocycles. The molecule has 0 fully saturated rings. The highest BCUT2D eigenvalue weighted by atomic mass is 15.3. The van der Waals surface area contributed by atoms with Crippen molar-refractivity contribution in [2.45, 2.75) is 52.6 Å². The van der Waals surface area contributed by atoms with Crippen LogP contribution in [0.15, 0.2) is 36.9 Å². The van der Waals surface area contributed by atoms with Gasteiger partial charge in [-0.3, -0.25) is 0 Å². The Morgan fingerprint density at radius 2 is 1.90 bits per heavy atom. The van der Waals surface area contributed by atoms with Crippen molar-refractivity contribution in [2.75, 3.05) is 5.32 Å². The maximum Gasteiger partial charge on any atom is 0.137 e. The topological polar surface area (TPSA) is 42.7 Å². The molecule has 2 unspecified atom stereocenters. The second-order valence-electron chi connectivity index (χ2n) is 5.79. The van der Waals surface area contributed by atoms with Crippen LogP contribution in [-0.2, 0) is 6.54 Å². The first kappa shape index (κ1) is 15.5. The van der Waals surface area contributed by atoms with Gasteiger partial charge in [0.15, 0.2) is 0 Å². The van der Waals surface area contributed by atoms with E-state index in [2.05, 4.69) is 60.4 Å². The number of anilines is 1. The highest BCUT2D eigenvalue weighted by Gasteiger charge is 2.10. The van der Waals surface area contributed by atoms with Crippen molar-refractivity contribution < 1.29 is 0 Å². The molecule has 0 spiro atoms. The molecular formula is C17H26N4. The Labute approximate surface area is 127 Å². The molecule has 2 rings (SSSR count). The summed E-state index contributed by atoms with van der Waals surface area (Å²) in [5, 5.41) is 7.77. The molecule has 0 aliphatic carbocycles. The third-order valence-corrected chi connectivity index (χ3v) is 4.01. The number of hydrogen-bond donors (Lipinski definition) is 1. The SMILES string of the molecule is CCC(C)CC(CC)Nc1ccc(Cn2cncn2)cc1. The maximum atomic E-state index is 4.13. The van der Waals surface area contributed by atoms with Crippen LogP contribution in [0, 0.1) is 5.92 Å². The van der Waals surface area contributed by atoms with E-state index in [4.69, 9.17) is 0 Å². The van der Waals surface area contributed by atoms with Crippen LogP contribution < -0.4 is 5.32 Å². The Morgan fingerprint density at radius 1 is 1.14 bits per heavy atom. The van der Waals surface area contributed by atoms with E-state index >= 15 is 0 Å². The third kappa shape index (κ3) is 4.88. The van der Waals surface area contributed by atoms with E-state index in [9.17, 15) is 0 Å². The summed E-state index contributed by atoms with van der Waals surface area (Å²) >= 11 is 0. The molecule has 0 bridgehead atoms. The molecule has 0 aliphatic rings. The average Bonchev–Trinajstić information content (AvgIpc) is 3.01. The second-order valence-corrected chi connectivity index (χ2v) is 5.79. The molecule has 0 aliphatic heterocycles. The molecular weight excluding hydrogens is 260 g/mol. The minimum absolute atomic E-state index is 0.557. The summed E-state index contributed by atoms with van der Waals surface area (Å²) in [6, 6.07) is 9.18. The summed E-state index contributed by atoms with van der Waals surface area (Å²) in [4.78, 5) is 3.96. The zero-order valence-corrected chi connectivity index (χ0v) is 13.3. The second kappa shape index (κ2) is 7.81. The van der Waals surface area contributed by atoms with E-state index in [1.165, 1.54) is 24.1 Å². The lowest BCUT2D eigenvalue weighted by atomic mass is 9.97. The van der Waals surface area contributed by atoms with Crippen molar-refractivity contribution in [3.63, 3.8) is 0 Å². The van der Waals surface area contributed by atoms with E-state index in [0.717, 1.165) is 18.9 Å². The first-order valence-electron chi connectivity index (χ1n) is 7.89. The fourth-order valence-electron chi connectivity index (χ4n) is 2.42. The summed E-state index contributed by atoms with van der Waals surface area (Å²) in [6.07, 6.45) is 6.94. The molecule has 114 valence electrons. The molecule has 1 aromatic heterocycles. The van der Waals surface area contributed by atoms with Gasteiger partial charge in [-0.1, -0.05) is 39.3 Å². The zero-order valence-electron chi connectivity index (χ0n) is 13.3. The molecule has 0 radical (unpaired) electrons. The van der Waals surface area contributed by atoms with E-state index in [1.807, 2.05) is 4.68 Å². The quantitative estimate of drug-likeness (QED) is 0.799.